The van der Waals surface area contributed by atoms with Crippen LogP contribution in [0.1, 0.15) is 26.3 Å². The minimum atomic E-state index is -0.127. The lowest BCUT2D eigenvalue weighted by Crippen LogP contribution is -2.31. The molecule has 2 heterocycles. The molecule has 3 aromatic carbocycles. The van der Waals surface area contributed by atoms with Gasteiger partial charge in [-0.05, 0) is 85.1 Å². The van der Waals surface area contributed by atoms with Crippen LogP contribution in [-0.4, -0.2) is 12.6 Å². The Labute approximate surface area is 198 Å². The molecule has 0 atom stereocenters. The molecule has 0 unspecified atom stereocenters. The molecule has 0 saturated carbocycles. The van der Waals surface area contributed by atoms with Gasteiger partial charge in [-0.25, -0.2) is 0 Å². The van der Waals surface area contributed by atoms with Crippen LogP contribution in [-0.2, 0) is 0 Å². The van der Waals surface area contributed by atoms with E-state index in [4.69, 9.17) is 14.6 Å². The van der Waals surface area contributed by atoms with Crippen molar-refractivity contribution in [3.63, 3.8) is 0 Å². The summed E-state index contributed by atoms with van der Waals surface area (Å²) in [6, 6.07) is 22.6. The van der Waals surface area contributed by atoms with E-state index < -0.39 is 0 Å². The van der Waals surface area contributed by atoms with Gasteiger partial charge in [-0.1, -0.05) is 24.3 Å². The average molecular weight is 447 g/mol. The fourth-order valence-corrected chi connectivity index (χ4v) is 5.26. The second kappa shape index (κ2) is 7.22. The lowest BCUT2D eigenvalue weighted by Gasteiger charge is -2.32. The number of ether oxygens (including phenoxy) is 1. The second-order valence-electron chi connectivity index (χ2n) is 9.65. The van der Waals surface area contributed by atoms with Crippen LogP contribution in [0.4, 0.5) is 5.69 Å². The van der Waals surface area contributed by atoms with Crippen LogP contribution < -0.4 is 15.4 Å². The standard InChI is InChI=1S/C30H26N2O2/c1-17-16-30(2,3)32-25-12-11-24-28(20-6-5-19-14-22(33-4)9-7-18(19)13-20)23-10-8-21(31)15-26(23)34-29(24)27(17)25/h5-16,31-32H,1-4H3. The SMILES string of the molecule is COc1ccc2cc(-c3c4ccc(=N)cc-4oc4c5c(ccc34)NC(C)(C)C=C5C)ccc2c1. The van der Waals surface area contributed by atoms with E-state index in [9.17, 15) is 0 Å². The molecule has 3 aromatic rings. The topological polar surface area (TPSA) is 58.2 Å². The first-order chi connectivity index (χ1) is 16.3. The fourth-order valence-electron chi connectivity index (χ4n) is 5.26. The normalized spacial score (nSPS) is 14.6. The smallest absolute Gasteiger partial charge is 0.144 e. The number of benzene rings is 4. The molecular weight excluding hydrogens is 420 g/mol. The average Bonchev–Trinajstić information content (AvgIpc) is 2.80. The van der Waals surface area contributed by atoms with Gasteiger partial charge in [0, 0.05) is 33.8 Å². The van der Waals surface area contributed by atoms with Crippen molar-refractivity contribution in [2.75, 3.05) is 12.4 Å². The Balaban J connectivity index is 1.70. The van der Waals surface area contributed by atoms with Crippen molar-refractivity contribution >= 4 is 33.0 Å². The third-order valence-corrected chi connectivity index (χ3v) is 6.65. The first-order valence-electron chi connectivity index (χ1n) is 11.5. The Morgan fingerprint density at radius 3 is 2.50 bits per heavy atom. The summed E-state index contributed by atoms with van der Waals surface area (Å²) in [6.07, 6.45) is 2.25. The fraction of sp³-hybridized carbons (Fsp3) is 0.167. The number of rotatable bonds is 2. The summed E-state index contributed by atoms with van der Waals surface area (Å²) < 4.78 is 11.9. The molecule has 6 rings (SSSR count). The van der Waals surface area contributed by atoms with Crippen LogP contribution in [0.5, 0.6) is 5.75 Å². The van der Waals surface area contributed by atoms with Gasteiger partial charge in [0.15, 0.2) is 0 Å². The molecule has 34 heavy (non-hydrogen) atoms. The first kappa shape index (κ1) is 20.5. The van der Waals surface area contributed by atoms with E-state index in [-0.39, 0.29) is 5.54 Å². The monoisotopic (exact) mass is 446 g/mol. The molecule has 0 amide bonds. The van der Waals surface area contributed by atoms with Gasteiger partial charge in [-0.3, -0.25) is 0 Å². The number of nitrogens with one attached hydrogen (secondary N) is 2. The van der Waals surface area contributed by atoms with E-state index in [1.807, 2.05) is 24.3 Å². The lowest BCUT2D eigenvalue weighted by molar-refractivity contribution is 0.415. The highest BCUT2D eigenvalue weighted by Crippen LogP contribution is 2.46. The zero-order valence-electron chi connectivity index (χ0n) is 19.7. The molecule has 0 fully saturated rings. The van der Waals surface area contributed by atoms with Gasteiger partial charge >= 0.3 is 0 Å². The highest BCUT2D eigenvalue weighted by molar-refractivity contribution is 6.08. The van der Waals surface area contributed by atoms with E-state index in [1.54, 1.807) is 7.11 Å². The molecule has 1 aliphatic carbocycles. The zero-order chi connectivity index (χ0) is 23.6. The van der Waals surface area contributed by atoms with Crippen molar-refractivity contribution in [1.82, 2.24) is 0 Å². The van der Waals surface area contributed by atoms with Crippen molar-refractivity contribution in [3.05, 3.63) is 83.7 Å². The minimum Gasteiger partial charge on any atom is -0.497 e. The van der Waals surface area contributed by atoms with Gasteiger partial charge in [-0.15, -0.1) is 0 Å². The Bertz CT molecular complexity index is 1670. The van der Waals surface area contributed by atoms with Gasteiger partial charge in [0.1, 0.15) is 17.1 Å². The van der Waals surface area contributed by atoms with Crippen molar-refractivity contribution in [1.29, 1.82) is 5.41 Å². The molecule has 0 bridgehead atoms. The Hall–Kier alpha value is -4.05. The molecule has 0 radical (unpaired) electrons. The number of methoxy groups -OCH3 is 1. The predicted octanol–water partition coefficient (Wildman–Crippen LogP) is 7.45. The number of hydrogen-bond donors (Lipinski definition) is 2. The maximum Gasteiger partial charge on any atom is 0.144 e. The molecule has 4 heteroatoms. The maximum absolute atomic E-state index is 8.19. The van der Waals surface area contributed by atoms with Crippen LogP contribution in [0.15, 0.2) is 77.2 Å². The molecule has 2 aliphatic heterocycles. The molecule has 0 saturated heterocycles. The van der Waals surface area contributed by atoms with Crippen LogP contribution in [0.25, 0.3) is 49.8 Å². The van der Waals surface area contributed by atoms with Crippen molar-refractivity contribution in [3.8, 4) is 28.2 Å². The number of allylic oxidation sites excluding steroid dienone is 1. The summed E-state index contributed by atoms with van der Waals surface area (Å²) in [5.74, 6) is 1.57. The van der Waals surface area contributed by atoms with E-state index in [0.717, 1.165) is 61.2 Å². The van der Waals surface area contributed by atoms with E-state index in [1.165, 1.54) is 5.57 Å². The van der Waals surface area contributed by atoms with Crippen molar-refractivity contribution < 1.29 is 9.15 Å². The van der Waals surface area contributed by atoms with Gasteiger partial charge in [-0.2, -0.15) is 0 Å². The van der Waals surface area contributed by atoms with Crippen molar-refractivity contribution in [2.24, 2.45) is 0 Å². The van der Waals surface area contributed by atoms with E-state index in [2.05, 4.69) is 74.6 Å². The summed E-state index contributed by atoms with van der Waals surface area (Å²) >= 11 is 0. The Morgan fingerprint density at radius 1 is 0.882 bits per heavy atom. The highest BCUT2D eigenvalue weighted by atomic mass is 16.5. The molecule has 0 spiro atoms. The van der Waals surface area contributed by atoms with Crippen molar-refractivity contribution in [2.45, 2.75) is 26.3 Å². The third kappa shape index (κ3) is 3.18. The molecule has 4 nitrogen and oxygen atoms in total. The summed E-state index contributed by atoms with van der Waals surface area (Å²) in [4.78, 5) is 0. The largest absolute Gasteiger partial charge is 0.497 e. The Morgan fingerprint density at radius 2 is 1.68 bits per heavy atom. The minimum absolute atomic E-state index is 0.127. The number of anilines is 1. The Kier molecular flexibility index (Phi) is 4.37. The highest BCUT2D eigenvalue weighted by Gasteiger charge is 2.27. The van der Waals surface area contributed by atoms with Crippen LogP contribution >= 0.6 is 0 Å². The summed E-state index contributed by atoms with van der Waals surface area (Å²) in [7, 11) is 1.69. The maximum atomic E-state index is 8.19. The quantitative estimate of drug-likeness (QED) is 0.277. The third-order valence-electron chi connectivity index (χ3n) is 6.65. The van der Waals surface area contributed by atoms with E-state index in [0.29, 0.717) is 5.36 Å². The van der Waals surface area contributed by atoms with Gasteiger partial charge in [0.05, 0.1) is 18.0 Å². The molecule has 2 N–H and O–H groups in total. The molecule has 168 valence electrons. The second-order valence-corrected chi connectivity index (χ2v) is 9.65. The summed E-state index contributed by atoms with van der Waals surface area (Å²) in [5, 5.41) is 15.6. The van der Waals surface area contributed by atoms with Crippen LogP contribution in [0, 0.1) is 5.41 Å². The van der Waals surface area contributed by atoms with Gasteiger partial charge < -0.3 is 19.9 Å². The number of hydrogen-bond acceptors (Lipinski definition) is 4. The molecule has 0 aromatic heterocycles. The zero-order valence-corrected chi connectivity index (χ0v) is 19.7. The summed E-state index contributed by atoms with van der Waals surface area (Å²) in [6.45, 7) is 6.48. The first-order valence-corrected chi connectivity index (χ1v) is 11.5. The number of fused-ring (bicyclic) bond motifs is 5. The lowest BCUT2D eigenvalue weighted by atomic mass is 9.87. The molecule has 3 aliphatic rings. The van der Waals surface area contributed by atoms with Gasteiger partial charge in [0.25, 0.3) is 0 Å². The van der Waals surface area contributed by atoms with Gasteiger partial charge in [0.2, 0.25) is 0 Å². The van der Waals surface area contributed by atoms with E-state index >= 15 is 0 Å². The predicted molar refractivity (Wildman–Crippen MR) is 140 cm³/mol. The molecular formula is C30H26N2O2. The van der Waals surface area contributed by atoms with Crippen LogP contribution in [0.3, 0.4) is 0 Å². The van der Waals surface area contributed by atoms with Crippen LogP contribution in [0.2, 0.25) is 0 Å². The summed E-state index contributed by atoms with van der Waals surface area (Å²) in [5.41, 5.74) is 7.30.